The number of hydrogen-bond donors (Lipinski definition) is 0. The number of hydrogen-bond acceptors (Lipinski definition) is 15. The molecule has 1 saturated heterocycles. The average Bonchev–Trinajstić information content (AvgIpc) is 3.28. The lowest BCUT2D eigenvalue weighted by molar-refractivity contribution is -0.176. The maximum absolute atomic E-state index is 16.2. The van der Waals surface area contributed by atoms with E-state index in [1.54, 1.807) is 62.3 Å². The van der Waals surface area contributed by atoms with E-state index in [2.05, 4.69) is 11.9 Å². The van der Waals surface area contributed by atoms with Crippen molar-refractivity contribution in [2.75, 3.05) is 20.2 Å². The lowest BCUT2D eigenvalue weighted by Gasteiger charge is -2.25. The molecule has 1 aliphatic heterocycles. The Bertz CT molecular complexity index is 1530. The van der Waals surface area contributed by atoms with Gasteiger partial charge in [-0.25, -0.2) is 18.4 Å². The molecule has 2 rings (SSSR count). The van der Waals surface area contributed by atoms with E-state index in [-0.39, 0.29) is 12.1 Å². The number of esters is 4. The minimum absolute atomic E-state index is 0.0619. The molecule has 0 saturated carbocycles. The molecular weight excluding hydrogens is 753 g/mol. The van der Waals surface area contributed by atoms with Gasteiger partial charge in [-0.15, -0.1) is 0 Å². The Kier molecular flexibility index (Phi) is 17.6. The molecule has 1 fully saturated rings. The molecular formula is C36H57F2N2O14P. The van der Waals surface area contributed by atoms with Gasteiger partial charge in [0.25, 0.3) is 0 Å². The van der Waals surface area contributed by atoms with Crippen molar-refractivity contribution in [3.05, 3.63) is 28.4 Å². The number of ether oxygens (including phenoxy) is 5. The second-order valence-electron chi connectivity index (χ2n) is 16.1. The highest BCUT2D eigenvalue weighted by Crippen LogP contribution is 2.52. The first-order valence-corrected chi connectivity index (χ1v) is 19.7. The lowest BCUT2D eigenvalue weighted by atomic mass is 9.98. The number of rotatable bonds is 20. The third-order valence-corrected chi connectivity index (χ3v) is 8.96. The molecule has 0 spiro atoms. The van der Waals surface area contributed by atoms with Crippen LogP contribution in [-0.2, 0) is 67.4 Å². The highest BCUT2D eigenvalue weighted by molar-refractivity contribution is 7.48. The molecule has 0 aliphatic carbocycles. The Morgan fingerprint density at radius 1 is 0.855 bits per heavy atom. The molecule has 0 unspecified atom stereocenters. The summed E-state index contributed by atoms with van der Waals surface area (Å²) in [5.74, 6) is -7.29. The fraction of sp³-hybridized carbons (Fsp3) is 0.778. The summed E-state index contributed by atoms with van der Waals surface area (Å²) < 4.78 is 88.2. The molecule has 16 nitrogen and oxygen atoms in total. The van der Waals surface area contributed by atoms with Gasteiger partial charge in [-0.2, -0.15) is 13.8 Å². The maximum Gasteiger partial charge on any atom is 0.480 e. The third kappa shape index (κ3) is 16.0. The van der Waals surface area contributed by atoms with Crippen LogP contribution in [0.15, 0.2) is 17.1 Å². The number of halogens is 2. The van der Waals surface area contributed by atoms with Crippen LogP contribution in [0.4, 0.5) is 8.78 Å². The lowest BCUT2D eigenvalue weighted by Crippen LogP contribution is -2.44. The first-order chi connectivity index (χ1) is 25.3. The van der Waals surface area contributed by atoms with E-state index in [4.69, 9.17) is 37.3 Å². The van der Waals surface area contributed by atoms with E-state index in [1.807, 2.05) is 0 Å². The van der Waals surface area contributed by atoms with Gasteiger partial charge in [0.05, 0.1) is 29.6 Å². The van der Waals surface area contributed by atoms with E-state index in [1.165, 1.54) is 0 Å². The Balaban J connectivity index is 2.37. The van der Waals surface area contributed by atoms with Crippen molar-refractivity contribution in [1.82, 2.24) is 9.55 Å². The Hall–Kier alpha value is -3.31. The van der Waals surface area contributed by atoms with Crippen LogP contribution in [0, 0.1) is 10.8 Å². The molecule has 55 heavy (non-hydrogen) atoms. The van der Waals surface area contributed by atoms with E-state index >= 15 is 8.78 Å². The standard InChI is InChI=1S/C36H57F2N2O14P/c1-11-12-13-14-15-16-17-26(41)53-28-25(21-49-55(46,50-22-47-30(43)33(2,3)4)51-23-48-31(44)34(5,6)7)52-29(36(28,37)38)40-19-18-24(39-32(40)45)20-27(42)54-35(8,9)10/h18-19,25,28-29H,11-17,20-23H2,1-10H3/t25-,28-,29-/m1/s1. The molecule has 1 aromatic rings. The van der Waals surface area contributed by atoms with Gasteiger partial charge in [-0.05, 0) is 74.8 Å². The molecule has 19 heteroatoms. The van der Waals surface area contributed by atoms with Gasteiger partial charge in [-0.1, -0.05) is 39.0 Å². The zero-order chi connectivity index (χ0) is 41.8. The molecule has 3 atom stereocenters. The molecule has 1 aromatic heterocycles. The Morgan fingerprint density at radius 2 is 1.40 bits per heavy atom. The van der Waals surface area contributed by atoms with Crippen LogP contribution in [0.25, 0.3) is 0 Å². The minimum atomic E-state index is -4.90. The van der Waals surface area contributed by atoms with Crippen molar-refractivity contribution in [2.24, 2.45) is 10.8 Å². The molecule has 0 amide bonds. The summed E-state index contributed by atoms with van der Waals surface area (Å²) in [4.78, 5) is 66.5. The summed E-state index contributed by atoms with van der Waals surface area (Å²) in [6, 6.07) is 1.15. The van der Waals surface area contributed by atoms with Crippen LogP contribution >= 0.6 is 7.82 Å². The first kappa shape index (κ1) is 47.8. The fourth-order valence-electron chi connectivity index (χ4n) is 4.75. The van der Waals surface area contributed by atoms with E-state index in [0.717, 1.165) is 37.9 Å². The zero-order valence-electron chi connectivity index (χ0n) is 33.5. The van der Waals surface area contributed by atoms with Crippen LogP contribution in [0.3, 0.4) is 0 Å². The van der Waals surface area contributed by atoms with Gasteiger partial charge in [0.2, 0.25) is 19.8 Å². The molecule has 314 valence electrons. The molecule has 2 heterocycles. The highest BCUT2D eigenvalue weighted by Gasteiger charge is 2.63. The summed E-state index contributed by atoms with van der Waals surface area (Å²) in [7, 11) is -4.90. The van der Waals surface area contributed by atoms with E-state index in [0.29, 0.717) is 17.4 Å². The van der Waals surface area contributed by atoms with E-state index in [9.17, 15) is 28.5 Å². The minimum Gasteiger partial charge on any atom is -0.460 e. The van der Waals surface area contributed by atoms with Gasteiger partial charge >= 0.3 is 43.3 Å². The largest absolute Gasteiger partial charge is 0.480 e. The van der Waals surface area contributed by atoms with Gasteiger partial charge in [0.1, 0.15) is 11.7 Å². The second kappa shape index (κ2) is 20.2. The smallest absolute Gasteiger partial charge is 0.460 e. The van der Waals surface area contributed by atoms with E-state index < -0.39 is 105 Å². The summed E-state index contributed by atoms with van der Waals surface area (Å²) >= 11 is 0. The van der Waals surface area contributed by atoms with Crippen molar-refractivity contribution >= 4 is 31.7 Å². The molecule has 0 N–H and O–H groups in total. The van der Waals surface area contributed by atoms with Crippen LogP contribution in [-0.4, -0.2) is 77.4 Å². The number of aromatic nitrogens is 2. The van der Waals surface area contributed by atoms with Crippen LogP contribution in [0.2, 0.25) is 0 Å². The number of phosphoric acid groups is 1. The summed E-state index contributed by atoms with van der Waals surface area (Å²) in [6.45, 7) is 13.3. The summed E-state index contributed by atoms with van der Waals surface area (Å²) in [5, 5.41) is 0. The topological polar surface area (TPSA) is 194 Å². The fourth-order valence-corrected chi connectivity index (χ4v) is 5.66. The molecule has 1 aliphatic rings. The van der Waals surface area contributed by atoms with Crippen molar-refractivity contribution < 1.29 is 69.8 Å². The number of unbranched alkanes of at least 4 members (excludes halogenated alkanes) is 5. The predicted octanol–water partition coefficient (Wildman–Crippen LogP) is 6.57. The predicted molar refractivity (Wildman–Crippen MR) is 191 cm³/mol. The number of nitrogens with zero attached hydrogens (tertiary/aromatic N) is 2. The number of carbonyl (C=O) groups is 4. The van der Waals surface area contributed by atoms with Crippen LogP contribution in [0.5, 0.6) is 0 Å². The van der Waals surface area contributed by atoms with Gasteiger partial charge in [0, 0.05) is 12.6 Å². The number of alkyl halides is 2. The second-order valence-corrected chi connectivity index (χ2v) is 17.8. The molecule has 0 radical (unpaired) electrons. The third-order valence-electron chi connectivity index (χ3n) is 7.65. The van der Waals surface area contributed by atoms with Crippen LogP contribution < -0.4 is 5.69 Å². The maximum atomic E-state index is 16.2. The van der Waals surface area contributed by atoms with Gasteiger partial charge in [-0.3, -0.25) is 28.3 Å². The summed E-state index contributed by atoms with van der Waals surface area (Å²) in [6.07, 6.45) is -1.50. The monoisotopic (exact) mass is 810 g/mol. The van der Waals surface area contributed by atoms with Crippen molar-refractivity contribution in [3.63, 3.8) is 0 Å². The van der Waals surface area contributed by atoms with Crippen LogP contribution in [0.1, 0.15) is 126 Å². The first-order valence-electron chi connectivity index (χ1n) is 18.2. The normalized spacial score (nSPS) is 18.8. The Labute approximate surface area is 320 Å². The van der Waals surface area contributed by atoms with Crippen molar-refractivity contribution in [1.29, 1.82) is 0 Å². The van der Waals surface area contributed by atoms with Gasteiger partial charge in [0.15, 0.2) is 6.10 Å². The highest BCUT2D eigenvalue weighted by atomic mass is 31.2. The quantitative estimate of drug-likeness (QED) is 0.0451. The SMILES string of the molecule is CCCCCCCCC(=O)O[C@@H]1[C@@H](COP(=O)(OCOC(=O)C(C)(C)C)OCOC(=O)C(C)(C)C)O[C@@H](n2ccc(CC(=O)OC(C)(C)C)nc2=O)C1(F)F. The Morgan fingerprint density at radius 3 is 1.91 bits per heavy atom. The average molecular weight is 811 g/mol. The van der Waals surface area contributed by atoms with Gasteiger partial charge < -0.3 is 23.7 Å². The van der Waals surface area contributed by atoms with Crippen molar-refractivity contribution in [2.45, 2.75) is 151 Å². The zero-order valence-corrected chi connectivity index (χ0v) is 34.4. The molecule has 0 aromatic carbocycles. The van der Waals surface area contributed by atoms with Crippen molar-refractivity contribution in [3.8, 4) is 0 Å². The number of phosphoric ester groups is 1. The molecule has 0 bridgehead atoms. The number of carbonyl (C=O) groups excluding carboxylic acids is 4. The summed E-state index contributed by atoms with van der Waals surface area (Å²) in [5.41, 5.74) is -4.07.